The number of aliphatic hydroxyl groups is 10. The van der Waals surface area contributed by atoms with E-state index in [0.717, 1.165) is 0 Å². The second-order valence-corrected chi connectivity index (χ2v) is 12.9. The van der Waals surface area contributed by atoms with Crippen LogP contribution in [0.2, 0.25) is 0 Å². The number of aliphatic hydroxyl groups excluding tert-OH is 10. The van der Waals surface area contributed by atoms with Crippen LogP contribution in [0.15, 0.2) is 0 Å². The summed E-state index contributed by atoms with van der Waals surface area (Å²) in [4.78, 5) is 25.3. The molecule has 3 aliphatic rings. The fourth-order valence-corrected chi connectivity index (χ4v) is 5.44. The van der Waals surface area contributed by atoms with Crippen LogP contribution in [0.3, 0.4) is 0 Å². The quantitative estimate of drug-likeness (QED) is 0.0901. The second-order valence-electron chi connectivity index (χ2n) is 12.9. The molecule has 0 bridgehead atoms. The Balaban J connectivity index is 1.68. The van der Waals surface area contributed by atoms with Crippen molar-refractivity contribution in [3.05, 3.63) is 0 Å². The number of nitrogens with one attached hydrogen (secondary N) is 2. The summed E-state index contributed by atoms with van der Waals surface area (Å²) in [5.74, 6) is -0.791. The summed E-state index contributed by atoms with van der Waals surface area (Å²) < 4.78 is 32.7. The molecule has 0 spiro atoms. The second kappa shape index (κ2) is 17.4. The largest absolute Gasteiger partial charge is 0.444 e. The lowest BCUT2D eigenvalue weighted by Gasteiger charge is -2.48. The minimum absolute atomic E-state index is 0.179. The molecular weight excluding hydrogens is 652 g/mol. The van der Waals surface area contributed by atoms with Gasteiger partial charge in [0.1, 0.15) is 84.9 Å². The minimum Gasteiger partial charge on any atom is -0.444 e. The standard InChI is InChI=1S/C28H50N2O18/c1-5-6-10(29-27(42)48-28(2,3)4)23(41)30-24-18(38)16(36)21(12(8-32)43-24)46-26-20(40)17(37)22(13(9-33)45-26)47-25-19(39)15(35)14(34)11(7-31)44-25/h10-22,24-26,31-40H,5-9H2,1-4H3,(H,29,42)(H,30,41). The number of carbonyl (C=O) groups excluding carboxylic acids is 2. The van der Waals surface area contributed by atoms with Crippen LogP contribution in [0.5, 0.6) is 0 Å². The topological polar surface area (TPSA) is 316 Å². The zero-order chi connectivity index (χ0) is 36.1. The molecule has 16 atom stereocenters. The normalized spacial score (nSPS) is 41.3. The van der Waals surface area contributed by atoms with Gasteiger partial charge in [-0.2, -0.15) is 0 Å². The number of carbonyl (C=O) groups is 2. The molecule has 280 valence electrons. The van der Waals surface area contributed by atoms with E-state index < -0.39 is 136 Å². The summed E-state index contributed by atoms with van der Waals surface area (Å²) in [5.41, 5.74) is -0.839. The van der Waals surface area contributed by atoms with Gasteiger partial charge in [0.15, 0.2) is 18.8 Å². The Kier molecular flexibility index (Phi) is 14.7. The van der Waals surface area contributed by atoms with Gasteiger partial charge in [-0.25, -0.2) is 4.79 Å². The van der Waals surface area contributed by atoms with Crippen molar-refractivity contribution in [3.63, 3.8) is 0 Å². The smallest absolute Gasteiger partial charge is 0.408 e. The lowest BCUT2D eigenvalue weighted by atomic mass is 9.95. The maximum atomic E-state index is 13.0. The molecular formula is C28H50N2O18. The number of alkyl carbamates (subject to hydrolysis) is 1. The summed E-state index contributed by atoms with van der Waals surface area (Å²) in [7, 11) is 0. The molecule has 0 radical (unpaired) electrons. The third kappa shape index (κ3) is 9.68. The van der Waals surface area contributed by atoms with E-state index in [1.165, 1.54) is 0 Å². The van der Waals surface area contributed by atoms with Crippen LogP contribution in [0.4, 0.5) is 4.79 Å². The van der Waals surface area contributed by atoms with E-state index in [2.05, 4.69) is 10.6 Å². The fourth-order valence-electron chi connectivity index (χ4n) is 5.44. The van der Waals surface area contributed by atoms with Crippen molar-refractivity contribution in [1.29, 1.82) is 0 Å². The Bertz CT molecular complexity index is 1030. The number of hydrogen-bond donors (Lipinski definition) is 12. The fraction of sp³-hybridized carbons (Fsp3) is 0.929. The molecule has 3 fully saturated rings. The monoisotopic (exact) mass is 702 g/mol. The number of ether oxygens (including phenoxy) is 6. The maximum absolute atomic E-state index is 13.0. The number of amides is 2. The first-order valence-electron chi connectivity index (χ1n) is 15.6. The van der Waals surface area contributed by atoms with Crippen molar-refractivity contribution >= 4 is 12.0 Å². The van der Waals surface area contributed by atoms with Crippen LogP contribution in [-0.4, -0.2) is 187 Å². The van der Waals surface area contributed by atoms with E-state index >= 15 is 0 Å². The van der Waals surface area contributed by atoms with E-state index in [9.17, 15) is 60.7 Å². The van der Waals surface area contributed by atoms with E-state index in [1.54, 1.807) is 27.7 Å². The van der Waals surface area contributed by atoms with Gasteiger partial charge < -0.3 is 90.1 Å². The van der Waals surface area contributed by atoms with Crippen molar-refractivity contribution in [2.75, 3.05) is 19.8 Å². The highest BCUT2D eigenvalue weighted by Crippen LogP contribution is 2.32. The molecule has 0 aromatic heterocycles. The summed E-state index contributed by atoms with van der Waals surface area (Å²) >= 11 is 0. The lowest BCUT2D eigenvalue weighted by molar-refractivity contribution is -0.373. The maximum Gasteiger partial charge on any atom is 0.408 e. The molecule has 2 amide bonds. The van der Waals surface area contributed by atoms with E-state index in [1.807, 2.05) is 0 Å². The third-order valence-electron chi connectivity index (χ3n) is 7.99. The molecule has 3 saturated heterocycles. The van der Waals surface area contributed by atoms with Crippen molar-refractivity contribution < 1.29 is 89.1 Å². The Morgan fingerprint density at radius 1 is 0.688 bits per heavy atom. The highest BCUT2D eigenvalue weighted by molar-refractivity contribution is 5.85. The first-order chi connectivity index (χ1) is 22.5. The van der Waals surface area contributed by atoms with Gasteiger partial charge in [-0.05, 0) is 27.2 Å². The first kappa shape index (κ1) is 40.6. The molecule has 16 unspecified atom stereocenters. The molecule has 20 heteroatoms. The highest BCUT2D eigenvalue weighted by atomic mass is 16.7. The van der Waals surface area contributed by atoms with Crippen LogP contribution in [-0.2, 0) is 33.2 Å². The van der Waals surface area contributed by atoms with Gasteiger partial charge in [-0.1, -0.05) is 13.3 Å². The van der Waals surface area contributed by atoms with Crippen molar-refractivity contribution in [1.82, 2.24) is 10.6 Å². The SMILES string of the molecule is CCCC(NC(=O)OC(C)(C)C)C(=O)NC1OC(CO)C(OC2OC(CO)C(OC3OC(CO)C(O)C(O)C3O)C(O)C2O)C(O)C1O. The van der Waals surface area contributed by atoms with Crippen LogP contribution in [0.25, 0.3) is 0 Å². The average molecular weight is 703 g/mol. The Morgan fingerprint density at radius 2 is 1.17 bits per heavy atom. The summed E-state index contributed by atoms with van der Waals surface area (Å²) in [6.07, 6.45) is -26.1. The summed E-state index contributed by atoms with van der Waals surface area (Å²) in [5, 5.41) is 108. The molecule has 0 aromatic carbocycles. The minimum atomic E-state index is -1.99. The van der Waals surface area contributed by atoms with Crippen LogP contribution in [0, 0.1) is 0 Å². The van der Waals surface area contributed by atoms with Crippen LogP contribution in [0.1, 0.15) is 40.5 Å². The molecule has 3 rings (SSSR count). The highest BCUT2D eigenvalue weighted by Gasteiger charge is 2.53. The Morgan fingerprint density at radius 3 is 1.67 bits per heavy atom. The molecule has 0 aliphatic carbocycles. The Labute approximate surface area is 276 Å². The molecule has 0 saturated carbocycles. The van der Waals surface area contributed by atoms with Crippen LogP contribution < -0.4 is 10.6 Å². The van der Waals surface area contributed by atoms with Crippen molar-refractivity contribution in [2.45, 2.75) is 144 Å². The predicted molar refractivity (Wildman–Crippen MR) is 155 cm³/mol. The lowest BCUT2D eigenvalue weighted by Crippen LogP contribution is -2.68. The molecule has 3 heterocycles. The molecule has 3 aliphatic heterocycles. The van der Waals surface area contributed by atoms with Gasteiger partial charge in [-0.3, -0.25) is 4.79 Å². The zero-order valence-corrected chi connectivity index (χ0v) is 27.0. The van der Waals surface area contributed by atoms with Gasteiger partial charge in [-0.15, -0.1) is 0 Å². The van der Waals surface area contributed by atoms with Gasteiger partial charge in [0.25, 0.3) is 0 Å². The van der Waals surface area contributed by atoms with E-state index in [0.29, 0.717) is 6.42 Å². The van der Waals surface area contributed by atoms with Gasteiger partial charge in [0, 0.05) is 0 Å². The van der Waals surface area contributed by atoms with Crippen LogP contribution >= 0.6 is 0 Å². The average Bonchev–Trinajstić information content (AvgIpc) is 3.02. The number of hydrogen-bond acceptors (Lipinski definition) is 18. The Hall–Kier alpha value is -1.86. The van der Waals surface area contributed by atoms with Crippen molar-refractivity contribution in [2.24, 2.45) is 0 Å². The van der Waals surface area contributed by atoms with Gasteiger partial charge in [0.2, 0.25) is 5.91 Å². The van der Waals surface area contributed by atoms with Gasteiger partial charge >= 0.3 is 6.09 Å². The zero-order valence-electron chi connectivity index (χ0n) is 27.0. The molecule has 0 aromatic rings. The van der Waals surface area contributed by atoms with Gasteiger partial charge in [0.05, 0.1) is 19.8 Å². The predicted octanol–water partition coefficient (Wildman–Crippen LogP) is -5.76. The summed E-state index contributed by atoms with van der Waals surface area (Å²) in [6.45, 7) is 4.20. The number of rotatable bonds is 12. The van der Waals surface area contributed by atoms with E-state index in [-0.39, 0.29) is 6.42 Å². The third-order valence-corrected chi connectivity index (χ3v) is 7.99. The first-order valence-corrected chi connectivity index (χ1v) is 15.6. The summed E-state index contributed by atoms with van der Waals surface area (Å²) in [6, 6.07) is -1.11. The molecule has 20 nitrogen and oxygen atoms in total. The van der Waals surface area contributed by atoms with E-state index in [4.69, 9.17) is 28.4 Å². The molecule has 48 heavy (non-hydrogen) atoms. The molecule has 12 N–H and O–H groups in total. The van der Waals surface area contributed by atoms with Crippen molar-refractivity contribution in [3.8, 4) is 0 Å².